The number of allylic oxidation sites excluding steroid dienone is 2. The normalized spacial score (nSPS) is 11.4. The maximum absolute atomic E-state index is 5.63. The van der Waals surface area contributed by atoms with Crippen LogP contribution in [0.25, 0.3) is 0 Å². The lowest BCUT2D eigenvalue weighted by Gasteiger charge is -1.99. The molecule has 0 aliphatic heterocycles. The summed E-state index contributed by atoms with van der Waals surface area (Å²) in [5.41, 5.74) is 0. The molecule has 0 rings (SSSR count). The minimum Gasteiger partial charge on any atom is -0.127 e. The van der Waals surface area contributed by atoms with Crippen molar-refractivity contribution in [3.8, 4) is 0 Å². The van der Waals surface area contributed by atoms with Crippen molar-refractivity contribution in [1.82, 2.24) is 0 Å². The third-order valence-electron chi connectivity index (χ3n) is 2.90. The molecular formula is C15H29Cl. The van der Waals surface area contributed by atoms with E-state index in [1.165, 1.54) is 70.6 Å². The summed E-state index contributed by atoms with van der Waals surface area (Å²) in [6, 6.07) is 0. The van der Waals surface area contributed by atoms with Gasteiger partial charge in [0.05, 0.1) is 0 Å². The lowest BCUT2D eigenvalue weighted by atomic mass is 10.1. The molecule has 0 saturated heterocycles. The van der Waals surface area contributed by atoms with Crippen molar-refractivity contribution in [2.45, 2.75) is 77.6 Å². The van der Waals surface area contributed by atoms with Crippen LogP contribution in [0.5, 0.6) is 0 Å². The lowest BCUT2D eigenvalue weighted by molar-refractivity contribution is 0.593. The SMILES string of the molecule is CCCC/C=C/CCCCCCCCCCl. The molecule has 0 aromatic carbocycles. The van der Waals surface area contributed by atoms with Gasteiger partial charge in [-0.2, -0.15) is 0 Å². The highest BCUT2D eigenvalue weighted by atomic mass is 35.5. The van der Waals surface area contributed by atoms with Crippen LogP contribution in [-0.2, 0) is 0 Å². The van der Waals surface area contributed by atoms with E-state index in [0.29, 0.717) is 0 Å². The summed E-state index contributed by atoms with van der Waals surface area (Å²) in [7, 11) is 0. The van der Waals surface area contributed by atoms with E-state index in [9.17, 15) is 0 Å². The van der Waals surface area contributed by atoms with E-state index in [1.807, 2.05) is 0 Å². The zero-order valence-electron chi connectivity index (χ0n) is 11.0. The quantitative estimate of drug-likeness (QED) is 0.221. The zero-order chi connectivity index (χ0) is 11.9. The van der Waals surface area contributed by atoms with E-state index in [4.69, 9.17) is 11.6 Å². The third-order valence-corrected chi connectivity index (χ3v) is 3.16. The van der Waals surface area contributed by atoms with Gasteiger partial charge in [-0.3, -0.25) is 0 Å². The van der Waals surface area contributed by atoms with Crippen molar-refractivity contribution in [2.24, 2.45) is 0 Å². The molecule has 0 bridgehead atoms. The van der Waals surface area contributed by atoms with Crippen molar-refractivity contribution in [3.63, 3.8) is 0 Å². The van der Waals surface area contributed by atoms with Crippen molar-refractivity contribution in [2.75, 3.05) is 5.88 Å². The fraction of sp³-hybridized carbons (Fsp3) is 0.867. The van der Waals surface area contributed by atoms with Gasteiger partial charge in [-0.25, -0.2) is 0 Å². The summed E-state index contributed by atoms with van der Waals surface area (Å²) in [6.07, 6.45) is 19.4. The first-order chi connectivity index (χ1) is 7.91. The Morgan fingerprint density at radius 3 is 1.75 bits per heavy atom. The van der Waals surface area contributed by atoms with Gasteiger partial charge in [-0.05, 0) is 25.7 Å². The Bertz CT molecular complexity index is 140. The van der Waals surface area contributed by atoms with Crippen molar-refractivity contribution in [1.29, 1.82) is 0 Å². The molecule has 0 atom stereocenters. The molecule has 0 saturated carbocycles. The van der Waals surface area contributed by atoms with Crippen LogP contribution < -0.4 is 0 Å². The van der Waals surface area contributed by atoms with Crippen LogP contribution in [-0.4, -0.2) is 5.88 Å². The minimum absolute atomic E-state index is 0.836. The van der Waals surface area contributed by atoms with Crippen molar-refractivity contribution in [3.05, 3.63) is 12.2 Å². The lowest BCUT2D eigenvalue weighted by Crippen LogP contribution is -1.81. The number of halogens is 1. The maximum atomic E-state index is 5.63. The molecule has 96 valence electrons. The standard InChI is InChI=1S/C15H29Cl/c1-2-3-4-5-6-7-8-9-10-11-12-13-14-15-16/h5-6H,2-4,7-15H2,1H3/b6-5+. The summed E-state index contributed by atoms with van der Waals surface area (Å²) < 4.78 is 0. The van der Waals surface area contributed by atoms with Gasteiger partial charge >= 0.3 is 0 Å². The second-order valence-corrected chi connectivity index (χ2v) is 4.94. The van der Waals surface area contributed by atoms with Gasteiger partial charge in [0, 0.05) is 5.88 Å². The van der Waals surface area contributed by atoms with E-state index in [0.717, 1.165) is 5.88 Å². The number of rotatable bonds is 12. The number of unbranched alkanes of at least 4 members (excludes halogenated alkanes) is 9. The summed E-state index contributed by atoms with van der Waals surface area (Å²) in [5.74, 6) is 0.836. The Labute approximate surface area is 107 Å². The fourth-order valence-electron chi connectivity index (χ4n) is 1.80. The summed E-state index contributed by atoms with van der Waals surface area (Å²) in [4.78, 5) is 0. The molecule has 0 spiro atoms. The number of hydrogen-bond acceptors (Lipinski definition) is 0. The van der Waals surface area contributed by atoms with Crippen LogP contribution in [0.3, 0.4) is 0 Å². The molecule has 0 unspecified atom stereocenters. The topological polar surface area (TPSA) is 0 Å². The van der Waals surface area contributed by atoms with Crippen molar-refractivity contribution >= 4 is 11.6 Å². The van der Waals surface area contributed by atoms with Gasteiger partial charge in [0.15, 0.2) is 0 Å². The molecule has 0 heterocycles. The molecule has 0 nitrogen and oxygen atoms in total. The monoisotopic (exact) mass is 244 g/mol. The molecule has 1 heteroatoms. The molecular weight excluding hydrogens is 216 g/mol. The van der Waals surface area contributed by atoms with Crippen LogP contribution in [0.2, 0.25) is 0 Å². The highest BCUT2D eigenvalue weighted by molar-refractivity contribution is 6.17. The van der Waals surface area contributed by atoms with E-state index in [-0.39, 0.29) is 0 Å². The molecule has 0 radical (unpaired) electrons. The average molecular weight is 245 g/mol. The number of hydrogen-bond donors (Lipinski definition) is 0. The fourth-order valence-corrected chi connectivity index (χ4v) is 1.99. The van der Waals surface area contributed by atoms with Gasteiger partial charge in [-0.1, -0.05) is 64.0 Å². The van der Waals surface area contributed by atoms with Crippen LogP contribution in [0, 0.1) is 0 Å². The van der Waals surface area contributed by atoms with Gasteiger partial charge < -0.3 is 0 Å². The Hall–Kier alpha value is 0.0300. The molecule has 0 aliphatic rings. The first-order valence-electron chi connectivity index (χ1n) is 7.12. The Morgan fingerprint density at radius 2 is 1.19 bits per heavy atom. The molecule has 0 aromatic rings. The first kappa shape index (κ1) is 16.0. The second-order valence-electron chi connectivity index (χ2n) is 4.57. The van der Waals surface area contributed by atoms with Gasteiger partial charge in [-0.15, -0.1) is 11.6 Å². The largest absolute Gasteiger partial charge is 0.127 e. The summed E-state index contributed by atoms with van der Waals surface area (Å²) in [5, 5.41) is 0. The highest BCUT2D eigenvalue weighted by Crippen LogP contribution is 2.09. The van der Waals surface area contributed by atoms with E-state index < -0.39 is 0 Å². The van der Waals surface area contributed by atoms with Crippen LogP contribution in [0.1, 0.15) is 77.6 Å². The Kier molecular flexibility index (Phi) is 15.1. The molecule has 0 aromatic heterocycles. The molecule has 0 aliphatic carbocycles. The van der Waals surface area contributed by atoms with Gasteiger partial charge in [0.1, 0.15) is 0 Å². The highest BCUT2D eigenvalue weighted by Gasteiger charge is 1.90. The van der Waals surface area contributed by atoms with Crippen LogP contribution in [0.4, 0.5) is 0 Å². The van der Waals surface area contributed by atoms with E-state index in [2.05, 4.69) is 19.1 Å². The number of alkyl halides is 1. The third kappa shape index (κ3) is 14.0. The first-order valence-corrected chi connectivity index (χ1v) is 7.66. The van der Waals surface area contributed by atoms with Crippen molar-refractivity contribution < 1.29 is 0 Å². The van der Waals surface area contributed by atoms with Crippen LogP contribution in [0.15, 0.2) is 12.2 Å². The van der Waals surface area contributed by atoms with E-state index in [1.54, 1.807) is 0 Å². The zero-order valence-corrected chi connectivity index (χ0v) is 11.8. The van der Waals surface area contributed by atoms with Gasteiger partial charge in [0.2, 0.25) is 0 Å². The maximum Gasteiger partial charge on any atom is 0.0223 e. The second kappa shape index (κ2) is 15.0. The summed E-state index contributed by atoms with van der Waals surface area (Å²) in [6.45, 7) is 2.25. The Balaban J connectivity index is 2.95. The predicted molar refractivity (Wildman–Crippen MR) is 76.3 cm³/mol. The minimum atomic E-state index is 0.836. The summed E-state index contributed by atoms with van der Waals surface area (Å²) >= 11 is 5.63. The van der Waals surface area contributed by atoms with Gasteiger partial charge in [0.25, 0.3) is 0 Å². The molecule has 0 N–H and O–H groups in total. The smallest absolute Gasteiger partial charge is 0.0223 e. The van der Waals surface area contributed by atoms with Crippen LogP contribution >= 0.6 is 11.6 Å². The predicted octanol–water partition coefficient (Wildman–Crippen LogP) is 6.09. The molecule has 0 amide bonds. The molecule has 16 heavy (non-hydrogen) atoms. The van der Waals surface area contributed by atoms with E-state index >= 15 is 0 Å². The molecule has 0 fully saturated rings. The Morgan fingerprint density at radius 1 is 0.688 bits per heavy atom. The average Bonchev–Trinajstić information content (AvgIpc) is 2.31.